The molecule has 0 unspecified atom stereocenters. The minimum atomic E-state index is -1.18. The van der Waals surface area contributed by atoms with Crippen molar-refractivity contribution in [2.45, 2.75) is 143 Å². The number of aliphatic hydroxyl groups excluding tert-OH is 1. The third-order valence-electron chi connectivity index (χ3n) is 12.5. The van der Waals surface area contributed by atoms with Gasteiger partial charge in [-0.1, -0.05) is 20.8 Å². The van der Waals surface area contributed by atoms with E-state index in [1.165, 1.54) is 33.1 Å². The Morgan fingerprint density at radius 3 is 2.18 bits per heavy atom. The molecule has 4 saturated carbocycles. The van der Waals surface area contributed by atoms with Gasteiger partial charge in [0.2, 0.25) is 0 Å². The molecular weight excluding hydrogens is 480 g/mol. The summed E-state index contributed by atoms with van der Waals surface area (Å²) in [5.74, 6) is 1.76. The maximum atomic E-state index is 12.3. The van der Waals surface area contributed by atoms with E-state index in [9.17, 15) is 19.8 Å². The van der Waals surface area contributed by atoms with E-state index in [-0.39, 0.29) is 35.3 Å². The first kappa shape index (κ1) is 29.8. The van der Waals surface area contributed by atoms with Gasteiger partial charge in [0.05, 0.1) is 6.10 Å². The van der Waals surface area contributed by atoms with Gasteiger partial charge in [-0.25, -0.2) is 0 Å². The second-order valence-corrected chi connectivity index (χ2v) is 14.9. The summed E-state index contributed by atoms with van der Waals surface area (Å²) in [6, 6.07) is 0. The molecule has 0 aromatic carbocycles. The highest BCUT2D eigenvalue weighted by atomic mass is 16.6. The second kappa shape index (κ2) is 10.4. The Kier molecular flexibility index (Phi) is 8.13. The third kappa shape index (κ3) is 5.18. The van der Waals surface area contributed by atoms with Gasteiger partial charge in [0.1, 0.15) is 17.3 Å². The fourth-order valence-electron chi connectivity index (χ4n) is 10.1. The van der Waals surface area contributed by atoms with Crippen LogP contribution in [0.25, 0.3) is 0 Å². The van der Waals surface area contributed by atoms with Gasteiger partial charge >= 0.3 is 11.9 Å². The SMILES string of the molecule is CC(=O)O[C@@H](C[C@@H](C)C(C)(C)OC(C)=O)[C@](C)(O)[C@@H]1CC[C@H]2[C@@H]3CC[C@H]4C[C@H](O)CC[C@]4(C)[C@H]3CC[C@@]21C. The van der Waals surface area contributed by atoms with Crippen molar-refractivity contribution in [3.63, 3.8) is 0 Å². The number of carbonyl (C=O) groups is 2. The molecule has 4 aliphatic rings. The first-order chi connectivity index (χ1) is 17.5. The van der Waals surface area contributed by atoms with E-state index in [1.54, 1.807) is 0 Å². The Morgan fingerprint density at radius 1 is 0.921 bits per heavy atom. The molecule has 4 aliphatic carbocycles. The van der Waals surface area contributed by atoms with Crippen LogP contribution in [0, 0.1) is 46.3 Å². The Hall–Kier alpha value is -1.14. The summed E-state index contributed by atoms with van der Waals surface area (Å²) in [5.41, 5.74) is -1.60. The highest BCUT2D eigenvalue weighted by Crippen LogP contribution is 2.69. The zero-order valence-corrected chi connectivity index (χ0v) is 25.2. The van der Waals surface area contributed by atoms with Crippen molar-refractivity contribution < 1.29 is 29.3 Å². The molecule has 38 heavy (non-hydrogen) atoms. The monoisotopic (exact) mass is 534 g/mol. The number of carbonyl (C=O) groups excluding carboxylic acids is 2. The zero-order chi connectivity index (χ0) is 28.3. The molecule has 0 radical (unpaired) electrons. The summed E-state index contributed by atoms with van der Waals surface area (Å²) in [6.07, 6.45) is 9.42. The van der Waals surface area contributed by atoms with Crippen molar-refractivity contribution in [3.8, 4) is 0 Å². The molecule has 4 fully saturated rings. The Labute approximate surface area is 230 Å². The largest absolute Gasteiger partial charge is 0.460 e. The Morgan fingerprint density at radius 2 is 1.55 bits per heavy atom. The van der Waals surface area contributed by atoms with E-state index in [0.717, 1.165) is 38.5 Å². The van der Waals surface area contributed by atoms with E-state index >= 15 is 0 Å². The van der Waals surface area contributed by atoms with Crippen molar-refractivity contribution in [2.75, 3.05) is 0 Å². The van der Waals surface area contributed by atoms with E-state index in [2.05, 4.69) is 13.8 Å². The number of rotatable bonds is 7. The number of esters is 2. The quantitative estimate of drug-likeness (QED) is 0.386. The topological polar surface area (TPSA) is 93.1 Å². The van der Waals surface area contributed by atoms with Gasteiger partial charge in [0.25, 0.3) is 0 Å². The minimum Gasteiger partial charge on any atom is -0.460 e. The number of ether oxygens (including phenoxy) is 2. The van der Waals surface area contributed by atoms with E-state index < -0.39 is 17.3 Å². The molecular formula is C32H54O6. The second-order valence-electron chi connectivity index (χ2n) is 14.9. The molecule has 0 bridgehead atoms. The van der Waals surface area contributed by atoms with E-state index in [0.29, 0.717) is 35.5 Å². The molecule has 0 spiro atoms. The summed E-state index contributed by atoms with van der Waals surface area (Å²) in [5, 5.41) is 22.6. The van der Waals surface area contributed by atoms with Crippen molar-refractivity contribution >= 4 is 11.9 Å². The Bertz CT molecular complexity index is 896. The predicted molar refractivity (Wildman–Crippen MR) is 147 cm³/mol. The van der Waals surface area contributed by atoms with Crippen LogP contribution in [0.2, 0.25) is 0 Å². The lowest BCUT2D eigenvalue weighted by atomic mass is 9.44. The summed E-state index contributed by atoms with van der Waals surface area (Å²) >= 11 is 0. The van der Waals surface area contributed by atoms with Crippen molar-refractivity contribution in [1.29, 1.82) is 0 Å². The van der Waals surface area contributed by atoms with Gasteiger partial charge in [-0.2, -0.15) is 0 Å². The van der Waals surface area contributed by atoms with Gasteiger partial charge in [-0.3, -0.25) is 9.59 Å². The molecule has 218 valence electrons. The average molecular weight is 535 g/mol. The van der Waals surface area contributed by atoms with Crippen LogP contribution >= 0.6 is 0 Å². The van der Waals surface area contributed by atoms with Crippen LogP contribution < -0.4 is 0 Å². The highest BCUT2D eigenvalue weighted by Gasteiger charge is 2.63. The van der Waals surface area contributed by atoms with Gasteiger partial charge < -0.3 is 19.7 Å². The van der Waals surface area contributed by atoms with Gasteiger partial charge in [0, 0.05) is 13.8 Å². The summed E-state index contributed by atoms with van der Waals surface area (Å²) in [4.78, 5) is 23.9. The molecule has 0 aromatic heterocycles. The molecule has 11 atom stereocenters. The van der Waals surface area contributed by atoms with Crippen LogP contribution in [-0.2, 0) is 19.1 Å². The number of hydrogen-bond acceptors (Lipinski definition) is 6. The first-order valence-corrected chi connectivity index (χ1v) is 15.3. The van der Waals surface area contributed by atoms with Crippen LogP contribution in [0.5, 0.6) is 0 Å². The first-order valence-electron chi connectivity index (χ1n) is 15.3. The van der Waals surface area contributed by atoms with Crippen molar-refractivity contribution in [1.82, 2.24) is 0 Å². The van der Waals surface area contributed by atoms with Crippen LogP contribution in [-0.4, -0.2) is 45.6 Å². The lowest BCUT2D eigenvalue weighted by Crippen LogP contribution is -2.58. The van der Waals surface area contributed by atoms with Gasteiger partial charge in [0.15, 0.2) is 0 Å². The molecule has 2 N–H and O–H groups in total. The fourth-order valence-corrected chi connectivity index (χ4v) is 10.1. The standard InChI is InChI=1S/C32H54O6/c1-19(29(4,5)38-21(3)34)17-28(37-20(2)33)32(8,36)27-12-11-25-24-10-9-22-18-23(35)13-15-30(22,6)26(24)14-16-31(25,27)7/h19,22-28,35-36H,9-18H2,1-8H3/t19-,22+,23-,24+,25+,26+,27-,28+,30+,31+,32-/m1/s1. The number of hydrogen-bond donors (Lipinski definition) is 2. The molecule has 4 rings (SSSR count). The van der Waals surface area contributed by atoms with Crippen molar-refractivity contribution in [3.05, 3.63) is 0 Å². The number of aliphatic hydroxyl groups is 2. The van der Waals surface area contributed by atoms with Gasteiger partial charge in [-0.15, -0.1) is 0 Å². The molecule has 0 saturated heterocycles. The zero-order valence-electron chi connectivity index (χ0n) is 25.2. The van der Waals surface area contributed by atoms with E-state index in [4.69, 9.17) is 9.47 Å². The van der Waals surface area contributed by atoms with Crippen LogP contribution in [0.4, 0.5) is 0 Å². The highest BCUT2D eigenvalue weighted by molar-refractivity contribution is 5.66. The fraction of sp³-hybridized carbons (Fsp3) is 0.938. The number of fused-ring (bicyclic) bond motifs is 5. The summed E-state index contributed by atoms with van der Waals surface area (Å²) < 4.78 is 11.5. The molecule has 0 aliphatic heterocycles. The van der Waals surface area contributed by atoms with Crippen molar-refractivity contribution in [2.24, 2.45) is 46.3 Å². The minimum absolute atomic E-state index is 0.00488. The van der Waals surface area contributed by atoms with Crippen LogP contribution in [0.1, 0.15) is 120 Å². The average Bonchev–Trinajstić information content (AvgIpc) is 3.16. The molecule has 0 amide bonds. The summed E-state index contributed by atoms with van der Waals surface area (Å²) in [6.45, 7) is 15.4. The normalized spacial score (nSPS) is 42.1. The third-order valence-corrected chi connectivity index (χ3v) is 12.5. The van der Waals surface area contributed by atoms with Crippen LogP contribution in [0.3, 0.4) is 0 Å². The van der Waals surface area contributed by atoms with E-state index in [1.807, 2.05) is 27.7 Å². The predicted octanol–water partition coefficient (Wildman–Crippen LogP) is 6.06. The maximum absolute atomic E-state index is 12.3. The molecule has 0 heterocycles. The molecule has 6 heteroatoms. The van der Waals surface area contributed by atoms with Gasteiger partial charge in [-0.05, 0) is 131 Å². The molecule has 0 aromatic rings. The Balaban J connectivity index is 1.56. The lowest BCUT2D eigenvalue weighted by Gasteiger charge is -2.61. The van der Waals surface area contributed by atoms with Crippen LogP contribution in [0.15, 0.2) is 0 Å². The lowest BCUT2D eigenvalue weighted by molar-refractivity contribution is -0.193. The summed E-state index contributed by atoms with van der Waals surface area (Å²) in [7, 11) is 0. The molecule has 6 nitrogen and oxygen atoms in total. The maximum Gasteiger partial charge on any atom is 0.303 e. The smallest absolute Gasteiger partial charge is 0.303 e.